The fourth-order valence-corrected chi connectivity index (χ4v) is 6.61. The lowest BCUT2D eigenvalue weighted by atomic mass is 9.57. The number of amides is 1. The van der Waals surface area contributed by atoms with Gasteiger partial charge in [0.15, 0.2) is 5.78 Å². The Balaban J connectivity index is 1.93. The summed E-state index contributed by atoms with van der Waals surface area (Å²) >= 11 is 0. The lowest BCUT2D eigenvalue weighted by molar-refractivity contribution is -0.120. The van der Waals surface area contributed by atoms with E-state index >= 15 is 0 Å². The van der Waals surface area contributed by atoms with E-state index in [1.807, 2.05) is 32.0 Å². The molecule has 3 aliphatic carbocycles. The van der Waals surface area contributed by atoms with E-state index < -0.39 is 23.2 Å². The van der Waals surface area contributed by atoms with Crippen molar-refractivity contribution in [1.29, 1.82) is 0 Å². The molecule has 0 radical (unpaired) electrons. The summed E-state index contributed by atoms with van der Waals surface area (Å²) in [5.41, 5.74) is 5.80. The van der Waals surface area contributed by atoms with Crippen molar-refractivity contribution in [1.82, 2.24) is 5.32 Å². The van der Waals surface area contributed by atoms with Crippen LogP contribution >= 0.6 is 0 Å². The topological polar surface area (TPSA) is 156 Å². The van der Waals surface area contributed by atoms with Crippen molar-refractivity contribution in [2.24, 2.45) is 23.5 Å². The molecule has 1 aromatic carbocycles. The van der Waals surface area contributed by atoms with E-state index in [0.717, 1.165) is 11.3 Å². The van der Waals surface area contributed by atoms with Gasteiger partial charge in [-0.25, -0.2) is 0 Å². The molecule has 0 saturated carbocycles. The van der Waals surface area contributed by atoms with Crippen molar-refractivity contribution in [2.45, 2.75) is 51.2 Å². The zero-order valence-corrected chi connectivity index (χ0v) is 20.7. The average Bonchev–Trinajstić information content (AvgIpc) is 2.74. The number of aliphatic hydroxyl groups is 3. The van der Waals surface area contributed by atoms with Crippen LogP contribution in [0.15, 0.2) is 28.7 Å². The first-order chi connectivity index (χ1) is 16.5. The van der Waals surface area contributed by atoms with Crippen LogP contribution < -0.4 is 16.0 Å². The normalized spacial score (nSPS) is 27.9. The van der Waals surface area contributed by atoms with Crippen LogP contribution in [0.4, 0.5) is 5.69 Å². The molecule has 4 atom stereocenters. The Kier molecular flexibility index (Phi) is 6.36. The Morgan fingerprint density at radius 1 is 1.26 bits per heavy atom. The summed E-state index contributed by atoms with van der Waals surface area (Å²) in [5, 5.41) is 48.0. The van der Waals surface area contributed by atoms with E-state index in [2.05, 4.69) is 5.32 Å². The van der Waals surface area contributed by atoms with Gasteiger partial charge in [-0.1, -0.05) is 13.3 Å². The molecule has 4 rings (SSSR count). The van der Waals surface area contributed by atoms with Crippen LogP contribution in [0.2, 0.25) is 0 Å². The van der Waals surface area contributed by atoms with Crippen LogP contribution in [0.5, 0.6) is 5.75 Å². The number of ketones is 1. The molecule has 3 aliphatic rings. The van der Waals surface area contributed by atoms with Crippen LogP contribution in [0.25, 0.3) is 0 Å². The summed E-state index contributed by atoms with van der Waals surface area (Å²) in [6.07, 6.45) is 1.49. The summed E-state index contributed by atoms with van der Waals surface area (Å²) in [7, 11) is 5.50. The summed E-state index contributed by atoms with van der Waals surface area (Å²) in [4.78, 5) is 28.0. The van der Waals surface area contributed by atoms with Gasteiger partial charge in [0.25, 0.3) is 5.91 Å². The zero-order chi connectivity index (χ0) is 25.8. The first-order valence-electron chi connectivity index (χ1n) is 12.1. The third-order valence-corrected chi connectivity index (χ3v) is 7.84. The smallest absolute Gasteiger partial charge is 0.250 e. The Morgan fingerprint density at radius 2 is 1.94 bits per heavy atom. The number of aromatic hydroxyl groups is 1. The minimum absolute atomic E-state index is 0.0801. The molecular weight excluding hydrogens is 450 g/mol. The van der Waals surface area contributed by atoms with Gasteiger partial charge in [-0.15, -0.1) is 0 Å². The van der Waals surface area contributed by atoms with Crippen molar-refractivity contribution in [2.75, 3.05) is 26.0 Å². The first-order valence-corrected chi connectivity index (χ1v) is 12.1. The summed E-state index contributed by atoms with van der Waals surface area (Å²) in [6, 6.07) is 1.87. The molecule has 7 N–H and O–H groups in total. The number of fused-ring (bicyclic) bond motifs is 3. The van der Waals surface area contributed by atoms with Crippen molar-refractivity contribution < 1.29 is 30.0 Å². The van der Waals surface area contributed by atoms with Gasteiger partial charge in [-0.2, -0.15) is 0 Å². The molecule has 0 saturated heterocycles. The maximum absolute atomic E-state index is 13.9. The lowest BCUT2D eigenvalue weighted by Gasteiger charge is -2.49. The number of primary amides is 1. The van der Waals surface area contributed by atoms with E-state index in [9.17, 15) is 30.0 Å². The third-order valence-electron chi connectivity index (χ3n) is 7.84. The molecule has 9 heteroatoms. The minimum Gasteiger partial charge on any atom is -0.512 e. The molecule has 0 heterocycles. The van der Waals surface area contributed by atoms with Gasteiger partial charge in [0.2, 0.25) is 0 Å². The summed E-state index contributed by atoms with van der Waals surface area (Å²) < 4.78 is 0. The van der Waals surface area contributed by atoms with Crippen LogP contribution in [-0.2, 0) is 17.8 Å². The predicted octanol–water partition coefficient (Wildman–Crippen LogP) is 2.21. The summed E-state index contributed by atoms with van der Waals surface area (Å²) in [6.45, 7) is 2.17. The van der Waals surface area contributed by atoms with E-state index in [-0.39, 0.29) is 58.7 Å². The number of nitrogens with one attached hydrogen (secondary N) is 1. The first kappa shape index (κ1) is 25.1. The number of phenols is 1. The number of aliphatic hydroxyl groups excluding tert-OH is 2. The van der Waals surface area contributed by atoms with Gasteiger partial charge in [-0.3, -0.25) is 9.59 Å². The van der Waals surface area contributed by atoms with E-state index in [1.165, 1.54) is 0 Å². The number of allylic oxidation sites excluding steroid dienone is 2. The van der Waals surface area contributed by atoms with Gasteiger partial charge in [0.05, 0.1) is 17.1 Å². The third kappa shape index (κ3) is 3.68. The van der Waals surface area contributed by atoms with Crippen molar-refractivity contribution in [3.63, 3.8) is 0 Å². The maximum Gasteiger partial charge on any atom is 0.250 e. The molecule has 9 nitrogen and oxygen atoms in total. The molecule has 0 fully saturated rings. The second-order valence-corrected chi connectivity index (χ2v) is 10.2. The molecule has 0 aliphatic heterocycles. The summed E-state index contributed by atoms with van der Waals surface area (Å²) in [5.74, 6) is -3.73. The van der Waals surface area contributed by atoms with Crippen LogP contribution in [0, 0.1) is 17.8 Å². The maximum atomic E-state index is 13.9. The highest BCUT2D eigenvalue weighted by Gasteiger charge is 2.57. The number of rotatable bonds is 6. The quantitative estimate of drug-likeness (QED) is 0.358. The molecule has 0 bridgehead atoms. The lowest BCUT2D eigenvalue weighted by Crippen LogP contribution is -2.54. The SMILES string of the molecule is CCC[C@]1(O)C(C(N)=O)=C(O)CC2CC3Cc4c(N(C)C)cc(CNC)c(O)c4C(=O)C3=C(O)C21. The Labute approximate surface area is 204 Å². The number of phenolic OH excluding ortho intramolecular Hbond substituents is 1. The molecule has 1 aromatic rings. The fourth-order valence-electron chi connectivity index (χ4n) is 6.61. The Bertz CT molecular complexity index is 1150. The van der Waals surface area contributed by atoms with Crippen LogP contribution in [-0.4, -0.2) is 58.9 Å². The van der Waals surface area contributed by atoms with Crippen molar-refractivity contribution in [3.8, 4) is 5.75 Å². The Hall–Kier alpha value is -3.04. The molecule has 0 spiro atoms. The molecule has 35 heavy (non-hydrogen) atoms. The second kappa shape index (κ2) is 8.87. The average molecular weight is 486 g/mol. The minimum atomic E-state index is -1.89. The van der Waals surface area contributed by atoms with Gasteiger partial charge in [0, 0.05) is 43.9 Å². The standard InChI is InChI=1S/C26H35N3O6/c1-5-6-26(35)20-13(10-17(30)21(26)25(27)34)7-12-8-15-16(29(3)4)9-14(11-28-2)22(31)19(15)23(32)18(12)24(20)33/h9,12-13,20,28,30-31,33,35H,5-8,10-11H2,1-4H3,(H2,27,34)/t12?,13?,20?,26-/m1/s1. The Morgan fingerprint density at radius 3 is 2.51 bits per heavy atom. The number of nitrogens with zero attached hydrogens (tertiary/aromatic N) is 1. The zero-order valence-electron chi connectivity index (χ0n) is 20.7. The number of anilines is 1. The van der Waals surface area contributed by atoms with Gasteiger partial charge in [0.1, 0.15) is 22.9 Å². The highest BCUT2D eigenvalue weighted by Crippen LogP contribution is 2.55. The molecule has 1 amide bonds. The number of hydrogen-bond acceptors (Lipinski definition) is 8. The van der Waals surface area contributed by atoms with Crippen molar-refractivity contribution in [3.05, 3.63) is 45.4 Å². The highest BCUT2D eigenvalue weighted by molar-refractivity contribution is 6.14. The molecule has 0 aromatic heterocycles. The van der Waals surface area contributed by atoms with Gasteiger partial charge in [-0.05, 0) is 49.8 Å². The monoisotopic (exact) mass is 485 g/mol. The van der Waals surface area contributed by atoms with Crippen LogP contribution in [0.1, 0.15) is 54.1 Å². The molecule has 3 unspecified atom stereocenters. The number of hydrogen-bond donors (Lipinski definition) is 6. The number of benzene rings is 1. The number of Topliss-reactive ketones (excluding diaryl/α,β-unsaturated/α-hetero) is 1. The van der Waals surface area contributed by atoms with Gasteiger partial charge >= 0.3 is 0 Å². The largest absolute Gasteiger partial charge is 0.512 e. The number of carbonyl (C=O) groups is 2. The second-order valence-electron chi connectivity index (χ2n) is 10.2. The van der Waals surface area contributed by atoms with E-state index in [1.54, 1.807) is 7.05 Å². The van der Waals surface area contributed by atoms with E-state index in [0.29, 0.717) is 31.4 Å². The van der Waals surface area contributed by atoms with Crippen molar-refractivity contribution >= 4 is 17.4 Å². The van der Waals surface area contributed by atoms with E-state index in [4.69, 9.17) is 5.73 Å². The van der Waals surface area contributed by atoms with Crippen LogP contribution in [0.3, 0.4) is 0 Å². The fraction of sp³-hybridized carbons (Fsp3) is 0.538. The molecular formula is C26H35N3O6. The molecule has 190 valence electrons. The highest BCUT2D eigenvalue weighted by atomic mass is 16.3. The number of nitrogens with two attached hydrogens (primary N) is 1. The predicted molar refractivity (Wildman–Crippen MR) is 131 cm³/mol. The number of carbonyl (C=O) groups excluding carboxylic acids is 2. The van der Waals surface area contributed by atoms with Gasteiger partial charge < -0.3 is 36.4 Å².